The van der Waals surface area contributed by atoms with Gasteiger partial charge in [-0.15, -0.1) is 0 Å². The van der Waals surface area contributed by atoms with E-state index in [0.29, 0.717) is 43.3 Å². The minimum atomic E-state index is -0.414. The summed E-state index contributed by atoms with van der Waals surface area (Å²) in [6, 6.07) is 9.94. The zero-order valence-electron chi connectivity index (χ0n) is 16.1. The third-order valence-corrected chi connectivity index (χ3v) is 4.08. The monoisotopic (exact) mass is 380 g/mol. The molecule has 2 heterocycles. The number of nitrogens with one attached hydrogen (secondary N) is 1. The van der Waals surface area contributed by atoms with Gasteiger partial charge in [0.15, 0.2) is 5.65 Å². The van der Waals surface area contributed by atoms with Crippen LogP contribution in [0.2, 0.25) is 0 Å². The summed E-state index contributed by atoms with van der Waals surface area (Å²) < 4.78 is 12.2. The summed E-state index contributed by atoms with van der Waals surface area (Å²) in [6.07, 6.45) is 7.02. The molecule has 7 heteroatoms. The fraction of sp³-hybridized carbons (Fsp3) is 0.286. The number of nitrogens with zero attached hydrogens (tertiary/aromatic N) is 3. The zero-order chi connectivity index (χ0) is 19.8. The van der Waals surface area contributed by atoms with Crippen LogP contribution in [-0.2, 0) is 9.47 Å². The van der Waals surface area contributed by atoms with Gasteiger partial charge in [0.05, 0.1) is 30.5 Å². The van der Waals surface area contributed by atoms with Crippen LogP contribution in [0.25, 0.3) is 23.3 Å². The quantitative estimate of drug-likeness (QED) is 0.451. The molecule has 0 unspecified atom stereocenters. The Morgan fingerprint density at radius 2 is 2.00 bits per heavy atom. The Morgan fingerprint density at radius 1 is 1.18 bits per heavy atom. The molecule has 0 aliphatic rings. The summed E-state index contributed by atoms with van der Waals surface area (Å²) in [5, 5.41) is 8.43. The first-order valence-corrected chi connectivity index (χ1v) is 9.32. The number of rotatable bonds is 9. The smallest absolute Gasteiger partial charge is 0.341 e. The zero-order valence-corrected chi connectivity index (χ0v) is 16.1. The van der Waals surface area contributed by atoms with Crippen LogP contribution in [0.1, 0.15) is 29.8 Å². The Hall–Kier alpha value is -3.19. The number of fused-ring (bicyclic) bond motifs is 1. The molecule has 0 radical (unpaired) electrons. The summed E-state index contributed by atoms with van der Waals surface area (Å²) in [5.74, 6) is -0.414. The SMILES string of the molecule is CCOCCNc1c(C(=O)OCC)cnc2c1cnn2/C=C/c1ccccc1. The van der Waals surface area contributed by atoms with Gasteiger partial charge in [0.1, 0.15) is 5.56 Å². The first-order valence-electron chi connectivity index (χ1n) is 9.32. The van der Waals surface area contributed by atoms with Crippen LogP contribution in [0.3, 0.4) is 0 Å². The van der Waals surface area contributed by atoms with Crippen molar-refractivity contribution in [1.82, 2.24) is 14.8 Å². The van der Waals surface area contributed by atoms with Gasteiger partial charge in [-0.3, -0.25) is 0 Å². The fourth-order valence-corrected chi connectivity index (χ4v) is 2.77. The predicted molar refractivity (Wildman–Crippen MR) is 110 cm³/mol. The molecule has 28 heavy (non-hydrogen) atoms. The van der Waals surface area contributed by atoms with Gasteiger partial charge in [-0.05, 0) is 25.5 Å². The standard InChI is InChI=1S/C21H24N4O3/c1-3-27-13-11-22-19-17-15-24-25(12-10-16-8-6-5-7-9-16)20(17)23-14-18(19)21(26)28-4-2/h5-10,12,14-15H,3-4,11,13H2,1-2H3,(H,22,23)/b12-10+. The van der Waals surface area contributed by atoms with Crippen molar-refractivity contribution >= 4 is 35.0 Å². The van der Waals surface area contributed by atoms with Crippen molar-refractivity contribution in [2.75, 3.05) is 31.7 Å². The maximum absolute atomic E-state index is 12.3. The number of benzene rings is 1. The van der Waals surface area contributed by atoms with Crippen LogP contribution in [-0.4, -0.2) is 47.1 Å². The normalized spacial score (nSPS) is 11.2. The first kappa shape index (κ1) is 19.6. The minimum absolute atomic E-state index is 0.300. The van der Waals surface area contributed by atoms with E-state index in [-0.39, 0.29) is 0 Å². The highest BCUT2D eigenvalue weighted by atomic mass is 16.5. The topological polar surface area (TPSA) is 78.3 Å². The van der Waals surface area contributed by atoms with E-state index in [9.17, 15) is 4.79 Å². The van der Waals surface area contributed by atoms with Gasteiger partial charge >= 0.3 is 5.97 Å². The molecule has 2 aromatic heterocycles. The predicted octanol–water partition coefficient (Wildman–Crippen LogP) is 3.68. The lowest BCUT2D eigenvalue weighted by atomic mass is 10.2. The number of esters is 1. The van der Waals surface area contributed by atoms with E-state index in [1.807, 2.05) is 49.5 Å². The highest BCUT2D eigenvalue weighted by Gasteiger charge is 2.18. The average molecular weight is 380 g/mol. The van der Waals surface area contributed by atoms with Crippen molar-refractivity contribution in [3.05, 3.63) is 53.9 Å². The number of pyridine rings is 1. The largest absolute Gasteiger partial charge is 0.462 e. The molecule has 0 spiro atoms. The van der Waals surface area contributed by atoms with Crippen LogP contribution in [0, 0.1) is 0 Å². The number of anilines is 1. The van der Waals surface area contributed by atoms with Gasteiger partial charge in [-0.2, -0.15) is 5.10 Å². The Bertz CT molecular complexity index is 951. The summed E-state index contributed by atoms with van der Waals surface area (Å²) in [6.45, 7) is 5.75. The van der Waals surface area contributed by atoms with Gasteiger partial charge in [-0.1, -0.05) is 30.3 Å². The third kappa shape index (κ3) is 4.55. The Morgan fingerprint density at radius 3 is 2.75 bits per heavy atom. The van der Waals surface area contributed by atoms with E-state index in [1.165, 1.54) is 6.20 Å². The van der Waals surface area contributed by atoms with Gasteiger partial charge in [0.25, 0.3) is 0 Å². The molecular formula is C21H24N4O3. The van der Waals surface area contributed by atoms with Crippen molar-refractivity contribution in [2.45, 2.75) is 13.8 Å². The van der Waals surface area contributed by atoms with Crippen molar-refractivity contribution in [3.8, 4) is 0 Å². The van der Waals surface area contributed by atoms with Gasteiger partial charge in [0, 0.05) is 25.5 Å². The Kier molecular flexibility index (Phi) is 6.75. The number of hydrogen-bond acceptors (Lipinski definition) is 6. The lowest BCUT2D eigenvalue weighted by molar-refractivity contribution is 0.0527. The van der Waals surface area contributed by atoms with E-state index in [1.54, 1.807) is 17.8 Å². The summed E-state index contributed by atoms with van der Waals surface area (Å²) in [5.41, 5.74) is 2.75. The molecule has 0 amide bonds. The Balaban J connectivity index is 1.95. The van der Waals surface area contributed by atoms with Crippen molar-refractivity contribution in [3.63, 3.8) is 0 Å². The maximum Gasteiger partial charge on any atom is 0.341 e. The lowest BCUT2D eigenvalue weighted by Gasteiger charge is -2.12. The van der Waals surface area contributed by atoms with E-state index in [0.717, 1.165) is 10.9 Å². The molecule has 0 aliphatic carbocycles. The molecule has 1 aromatic carbocycles. The summed E-state index contributed by atoms with van der Waals surface area (Å²) in [4.78, 5) is 16.8. The molecule has 0 aliphatic heterocycles. The molecule has 0 saturated carbocycles. The number of ether oxygens (including phenoxy) is 2. The van der Waals surface area contributed by atoms with Gasteiger partial charge in [0.2, 0.25) is 0 Å². The second-order valence-electron chi connectivity index (χ2n) is 5.94. The van der Waals surface area contributed by atoms with Crippen molar-refractivity contribution in [2.24, 2.45) is 0 Å². The average Bonchev–Trinajstić information content (AvgIpc) is 3.14. The maximum atomic E-state index is 12.3. The number of hydrogen-bond donors (Lipinski definition) is 1. The van der Waals surface area contributed by atoms with E-state index in [4.69, 9.17) is 9.47 Å². The van der Waals surface area contributed by atoms with Crippen LogP contribution < -0.4 is 5.32 Å². The van der Waals surface area contributed by atoms with Crippen molar-refractivity contribution < 1.29 is 14.3 Å². The van der Waals surface area contributed by atoms with Crippen LogP contribution in [0.5, 0.6) is 0 Å². The first-order chi connectivity index (χ1) is 13.7. The number of aromatic nitrogens is 3. The summed E-state index contributed by atoms with van der Waals surface area (Å²) in [7, 11) is 0. The molecule has 3 aromatic rings. The van der Waals surface area contributed by atoms with Gasteiger partial charge < -0.3 is 14.8 Å². The highest BCUT2D eigenvalue weighted by Crippen LogP contribution is 2.27. The van der Waals surface area contributed by atoms with Crippen molar-refractivity contribution in [1.29, 1.82) is 0 Å². The second-order valence-corrected chi connectivity index (χ2v) is 5.94. The third-order valence-electron chi connectivity index (χ3n) is 4.08. The van der Waals surface area contributed by atoms with E-state index >= 15 is 0 Å². The molecule has 0 bridgehead atoms. The van der Waals surface area contributed by atoms with E-state index in [2.05, 4.69) is 15.4 Å². The molecule has 3 rings (SSSR count). The number of carbonyl (C=O) groups is 1. The molecular weight excluding hydrogens is 356 g/mol. The lowest BCUT2D eigenvalue weighted by Crippen LogP contribution is -2.14. The molecule has 1 N–H and O–H groups in total. The molecule has 0 saturated heterocycles. The van der Waals surface area contributed by atoms with Crippen LogP contribution >= 0.6 is 0 Å². The molecule has 146 valence electrons. The van der Waals surface area contributed by atoms with Crippen LogP contribution in [0.15, 0.2) is 42.7 Å². The fourth-order valence-electron chi connectivity index (χ4n) is 2.77. The molecule has 0 atom stereocenters. The number of carbonyl (C=O) groups excluding carboxylic acids is 1. The summed E-state index contributed by atoms with van der Waals surface area (Å²) >= 11 is 0. The minimum Gasteiger partial charge on any atom is -0.462 e. The Labute approximate surface area is 164 Å². The van der Waals surface area contributed by atoms with E-state index < -0.39 is 5.97 Å². The highest BCUT2D eigenvalue weighted by molar-refractivity contribution is 6.04. The second kappa shape index (κ2) is 9.66. The molecule has 7 nitrogen and oxygen atoms in total. The molecule has 0 fully saturated rings. The van der Waals surface area contributed by atoms with Gasteiger partial charge in [-0.25, -0.2) is 14.5 Å². The van der Waals surface area contributed by atoms with Crippen LogP contribution in [0.4, 0.5) is 5.69 Å².